The predicted molar refractivity (Wildman–Crippen MR) is 74.2 cm³/mol. The summed E-state index contributed by atoms with van der Waals surface area (Å²) in [4.78, 5) is 16.7. The molecule has 0 fully saturated rings. The maximum atomic E-state index is 11.4. The van der Waals surface area contributed by atoms with Crippen molar-refractivity contribution in [3.05, 3.63) is 35.8 Å². The van der Waals surface area contributed by atoms with Crippen LogP contribution < -0.4 is 10.6 Å². The van der Waals surface area contributed by atoms with Gasteiger partial charge in [-0.3, -0.25) is 4.40 Å². The Bertz CT molecular complexity index is 575. The van der Waals surface area contributed by atoms with Gasteiger partial charge in [0.2, 0.25) is 0 Å². The monoisotopic (exact) mass is 280 g/mol. The van der Waals surface area contributed by atoms with E-state index in [1.807, 2.05) is 11.4 Å². The number of carbonyl (C=O) groups is 1. The number of nitrogens with one attached hydrogen (secondary N) is 2. The average Bonchev–Trinajstić information content (AvgIpc) is 2.98. The molecule has 0 aliphatic rings. The van der Waals surface area contributed by atoms with E-state index in [4.69, 9.17) is 4.74 Å². The fourth-order valence-electron chi connectivity index (χ4n) is 1.71. The van der Waals surface area contributed by atoms with Crippen LogP contribution in [0.5, 0.6) is 0 Å². The Morgan fingerprint density at radius 3 is 3.21 bits per heavy atom. The Balaban J connectivity index is 2.05. The lowest BCUT2D eigenvalue weighted by molar-refractivity contribution is 0.157. The normalized spacial score (nSPS) is 10.6. The minimum Gasteiger partial charge on any atom is -0.445 e. The smallest absolute Gasteiger partial charge is 0.407 e. The zero-order valence-electron chi connectivity index (χ0n) is 10.7. The van der Waals surface area contributed by atoms with Crippen molar-refractivity contribution in [3.8, 4) is 0 Å². The summed E-state index contributed by atoms with van der Waals surface area (Å²) in [6, 6.07) is 0. The van der Waals surface area contributed by atoms with E-state index in [2.05, 4.69) is 27.6 Å². The molecular formula is C12H16N4O2S. The van der Waals surface area contributed by atoms with E-state index >= 15 is 0 Å². The number of rotatable bonds is 6. The fraction of sp³-hybridized carbons (Fsp3) is 0.333. The van der Waals surface area contributed by atoms with Gasteiger partial charge in [0, 0.05) is 17.6 Å². The summed E-state index contributed by atoms with van der Waals surface area (Å²) >= 11 is 1.63. The molecule has 0 saturated carbocycles. The summed E-state index contributed by atoms with van der Waals surface area (Å²) in [5.74, 6) is 0.789. The topological polar surface area (TPSA) is 67.7 Å². The maximum absolute atomic E-state index is 11.4. The number of nitrogens with zero attached hydrogens (tertiary/aromatic N) is 2. The van der Waals surface area contributed by atoms with Crippen LogP contribution >= 0.6 is 11.3 Å². The number of fused-ring (bicyclic) bond motifs is 1. The van der Waals surface area contributed by atoms with Crippen molar-refractivity contribution in [2.24, 2.45) is 0 Å². The molecule has 0 unspecified atom stereocenters. The van der Waals surface area contributed by atoms with E-state index < -0.39 is 6.09 Å². The molecule has 0 saturated heterocycles. The molecule has 6 nitrogen and oxygen atoms in total. The van der Waals surface area contributed by atoms with Crippen LogP contribution in [-0.2, 0) is 17.8 Å². The maximum Gasteiger partial charge on any atom is 0.407 e. The number of ether oxygens (including phenoxy) is 1. The van der Waals surface area contributed by atoms with Crippen LogP contribution in [0.2, 0.25) is 0 Å². The molecule has 7 heteroatoms. The molecule has 0 spiro atoms. The molecule has 2 aromatic rings. The molecule has 102 valence electrons. The van der Waals surface area contributed by atoms with Crippen LogP contribution in [0, 0.1) is 0 Å². The first kappa shape index (κ1) is 13.6. The molecule has 0 radical (unpaired) electrons. The van der Waals surface area contributed by atoms with Crippen molar-refractivity contribution in [1.29, 1.82) is 0 Å². The minimum absolute atomic E-state index is 0.201. The Hall–Kier alpha value is -1.86. The quantitative estimate of drug-likeness (QED) is 0.787. The number of alkyl carbamates (subject to hydrolysis) is 1. The van der Waals surface area contributed by atoms with E-state index in [0.717, 1.165) is 22.9 Å². The molecule has 0 atom stereocenters. The molecule has 0 aliphatic carbocycles. The van der Waals surface area contributed by atoms with Crippen molar-refractivity contribution in [2.75, 3.05) is 13.7 Å². The lowest BCUT2D eigenvalue weighted by Crippen LogP contribution is -2.25. The molecular weight excluding hydrogens is 264 g/mol. The molecule has 1 amide bonds. The van der Waals surface area contributed by atoms with E-state index in [-0.39, 0.29) is 6.61 Å². The van der Waals surface area contributed by atoms with Gasteiger partial charge in [0.25, 0.3) is 0 Å². The van der Waals surface area contributed by atoms with Gasteiger partial charge in [0.05, 0.1) is 12.7 Å². The highest BCUT2D eigenvalue weighted by Gasteiger charge is 2.10. The summed E-state index contributed by atoms with van der Waals surface area (Å²) < 4.78 is 6.88. The highest BCUT2D eigenvalue weighted by atomic mass is 32.1. The zero-order chi connectivity index (χ0) is 13.7. The highest BCUT2D eigenvalue weighted by Crippen LogP contribution is 2.18. The Morgan fingerprint density at radius 1 is 1.63 bits per heavy atom. The summed E-state index contributed by atoms with van der Waals surface area (Å²) in [6.45, 7) is 4.77. The molecule has 2 rings (SSSR count). The van der Waals surface area contributed by atoms with E-state index in [9.17, 15) is 4.79 Å². The van der Waals surface area contributed by atoms with Gasteiger partial charge in [0.1, 0.15) is 17.3 Å². The molecule has 2 N–H and O–H groups in total. The first-order valence-corrected chi connectivity index (χ1v) is 6.73. The van der Waals surface area contributed by atoms with E-state index in [1.54, 1.807) is 17.5 Å². The van der Waals surface area contributed by atoms with Gasteiger partial charge in [-0.15, -0.1) is 11.3 Å². The second-order valence-corrected chi connectivity index (χ2v) is 4.74. The lowest BCUT2D eigenvalue weighted by atomic mass is 10.4. The molecule has 19 heavy (non-hydrogen) atoms. The van der Waals surface area contributed by atoms with Gasteiger partial charge >= 0.3 is 6.09 Å². The molecule has 0 aromatic carbocycles. The summed E-state index contributed by atoms with van der Waals surface area (Å²) in [5, 5.41) is 7.85. The van der Waals surface area contributed by atoms with Crippen LogP contribution in [0.25, 0.3) is 4.83 Å². The number of aromatic nitrogens is 2. The Morgan fingerprint density at radius 2 is 2.47 bits per heavy atom. The van der Waals surface area contributed by atoms with E-state index in [1.165, 1.54) is 6.08 Å². The Kier molecular flexibility index (Phi) is 4.53. The van der Waals surface area contributed by atoms with Crippen molar-refractivity contribution in [2.45, 2.75) is 13.1 Å². The molecule has 2 heterocycles. The summed E-state index contributed by atoms with van der Waals surface area (Å²) in [6.07, 6.45) is 2.86. The van der Waals surface area contributed by atoms with Gasteiger partial charge in [0.15, 0.2) is 0 Å². The average molecular weight is 280 g/mol. The van der Waals surface area contributed by atoms with Crippen molar-refractivity contribution in [3.63, 3.8) is 0 Å². The largest absolute Gasteiger partial charge is 0.445 e. The summed E-state index contributed by atoms with van der Waals surface area (Å²) in [5.41, 5.74) is 1.12. The third-order valence-corrected chi connectivity index (χ3v) is 3.41. The van der Waals surface area contributed by atoms with E-state index in [0.29, 0.717) is 6.54 Å². The SMILES string of the molecule is C=CCOC(=O)NCc1ncc2scc(CNC)n12. The third kappa shape index (κ3) is 3.12. The van der Waals surface area contributed by atoms with Gasteiger partial charge in [-0.25, -0.2) is 9.78 Å². The van der Waals surface area contributed by atoms with Crippen LogP contribution in [0.1, 0.15) is 11.5 Å². The van der Waals surface area contributed by atoms with Crippen molar-refractivity contribution >= 4 is 22.3 Å². The number of hydrogen-bond acceptors (Lipinski definition) is 5. The van der Waals surface area contributed by atoms with Crippen LogP contribution in [0.3, 0.4) is 0 Å². The van der Waals surface area contributed by atoms with Crippen molar-refractivity contribution in [1.82, 2.24) is 20.0 Å². The number of carbonyl (C=O) groups excluding carboxylic acids is 1. The van der Waals surface area contributed by atoms with Gasteiger partial charge in [-0.05, 0) is 7.05 Å². The lowest BCUT2D eigenvalue weighted by Gasteiger charge is -2.06. The second-order valence-electron chi connectivity index (χ2n) is 3.85. The number of amides is 1. The third-order valence-electron chi connectivity index (χ3n) is 2.49. The first-order valence-electron chi connectivity index (χ1n) is 5.85. The molecule has 2 aromatic heterocycles. The highest BCUT2D eigenvalue weighted by molar-refractivity contribution is 7.15. The van der Waals surface area contributed by atoms with Crippen LogP contribution in [-0.4, -0.2) is 29.1 Å². The van der Waals surface area contributed by atoms with Crippen LogP contribution in [0.15, 0.2) is 24.2 Å². The number of thiazole rings is 1. The fourth-order valence-corrected chi connectivity index (χ4v) is 2.59. The minimum atomic E-state index is -0.470. The van der Waals surface area contributed by atoms with Gasteiger partial charge < -0.3 is 15.4 Å². The second kappa shape index (κ2) is 6.35. The van der Waals surface area contributed by atoms with Crippen molar-refractivity contribution < 1.29 is 9.53 Å². The van der Waals surface area contributed by atoms with Crippen LogP contribution in [0.4, 0.5) is 4.79 Å². The summed E-state index contributed by atoms with van der Waals surface area (Å²) in [7, 11) is 1.89. The van der Waals surface area contributed by atoms with Gasteiger partial charge in [-0.1, -0.05) is 12.7 Å². The molecule has 0 aliphatic heterocycles. The first-order chi connectivity index (χ1) is 9.26. The predicted octanol–water partition coefficient (Wildman–Crippen LogP) is 1.53. The Labute approximate surface area is 115 Å². The zero-order valence-corrected chi connectivity index (χ0v) is 11.5. The van der Waals surface area contributed by atoms with Gasteiger partial charge in [-0.2, -0.15) is 0 Å². The number of hydrogen-bond donors (Lipinski definition) is 2. The molecule has 0 bridgehead atoms. The standard InChI is InChI=1S/C12H16N4O2S/c1-3-4-18-12(17)15-6-10-14-7-11-16(10)9(5-13-2)8-19-11/h3,7-8,13H,1,4-6H2,2H3,(H,15,17). The number of imidazole rings is 1.